The molecule has 1 aliphatic heterocycles. The summed E-state index contributed by atoms with van der Waals surface area (Å²) in [4.78, 5) is 0. The molecule has 0 spiro atoms. The molecular weight excluding hydrogens is 444 g/mol. The molecule has 1 aliphatic carbocycles. The Hall–Kier alpha value is -1.04. The quantitative estimate of drug-likeness (QED) is 0.172. The van der Waals surface area contributed by atoms with E-state index in [1.54, 1.807) is 18.1 Å². The molecule has 2 fully saturated rings. The first-order valence-electron chi connectivity index (χ1n) is 13.4. The molecule has 1 heterocycles. The Bertz CT molecular complexity index is 692. The zero-order valence-corrected chi connectivity index (χ0v) is 21.4. The minimum atomic E-state index is -4.86. The van der Waals surface area contributed by atoms with E-state index in [2.05, 4.69) is 11.7 Å². The molecule has 0 radical (unpaired) electrons. The van der Waals surface area contributed by atoms with Crippen molar-refractivity contribution in [3.05, 3.63) is 29.6 Å². The highest BCUT2D eigenvalue weighted by Gasteiger charge is 2.32. The average Bonchev–Trinajstić information content (AvgIpc) is 2.79. The van der Waals surface area contributed by atoms with E-state index in [0.29, 0.717) is 6.42 Å². The van der Waals surface area contributed by atoms with Crippen LogP contribution in [-0.4, -0.2) is 15.2 Å². The fourth-order valence-electron chi connectivity index (χ4n) is 6.25. The predicted octanol–water partition coefficient (Wildman–Crippen LogP) is 9.07. The van der Waals surface area contributed by atoms with Crippen LogP contribution in [0.15, 0.2) is 18.2 Å². The highest BCUT2D eigenvalue weighted by Crippen LogP contribution is 2.42. The number of hydrogen-bond donors (Lipinski definition) is 0. The maximum absolute atomic E-state index is 13.8. The Labute approximate surface area is 199 Å². The summed E-state index contributed by atoms with van der Waals surface area (Å²) in [5.41, 5.74) is 0.736. The summed E-state index contributed by atoms with van der Waals surface area (Å²) >= 11 is 0. The van der Waals surface area contributed by atoms with Gasteiger partial charge < -0.3 is 4.74 Å². The van der Waals surface area contributed by atoms with Gasteiger partial charge in [-0.3, -0.25) is 0 Å². The van der Waals surface area contributed by atoms with Gasteiger partial charge in [0.15, 0.2) is 11.6 Å². The third-order valence-corrected chi connectivity index (χ3v) is 11.7. The molecule has 1 aromatic rings. The van der Waals surface area contributed by atoms with Crippen molar-refractivity contribution in [2.75, 3.05) is 0 Å². The topological polar surface area (TPSA) is 9.23 Å². The zero-order valence-electron chi connectivity index (χ0n) is 20.3. The van der Waals surface area contributed by atoms with Gasteiger partial charge in [-0.05, 0) is 61.1 Å². The van der Waals surface area contributed by atoms with Gasteiger partial charge in [-0.2, -0.15) is 0 Å². The second kappa shape index (κ2) is 13.2. The second-order valence-electron chi connectivity index (χ2n) is 10.6. The van der Waals surface area contributed by atoms with Gasteiger partial charge >= 0.3 is 6.36 Å². The van der Waals surface area contributed by atoms with Crippen molar-refractivity contribution in [1.82, 2.24) is 0 Å². The van der Waals surface area contributed by atoms with Gasteiger partial charge in [-0.15, -0.1) is 13.2 Å². The Morgan fingerprint density at radius 1 is 0.909 bits per heavy atom. The van der Waals surface area contributed by atoms with E-state index in [1.165, 1.54) is 76.3 Å². The molecule has 33 heavy (non-hydrogen) atoms. The lowest BCUT2D eigenvalue weighted by Crippen LogP contribution is -2.28. The van der Waals surface area contributed by atoms with Crippen molar-refractivity contribution in [3.8, 4) is 5.75 Å². The summed E-state index contributed by atoms with van der Waals surface area (Å²) in [6.07, 6.45) is 11.9. The highest BCUT2D eigenvalue weighted by atomic mass is 28.3. The van der Waals surface area contributed by atoms with Crippen molar-refractivity contribution in [3.63, 3.8) is 0 Å². The van der Waals surface area contributed by atoms with E-state index in [9.17, 15) is 17.6 Å². The molecule has 1 aromatic carbocycles. The average molecular weight is 487 g/mol. The SMILES string of the molecule is CCCCC[Si@H]1CC[C@H]([C@H]2CC[C@H](CCCCc3ccc(OC(F)(F)F)c(F)c3)CC2)CC1. The van der Waals surface area contributed by atoms with E-state index in [-0.39, 0.29) is 0 Å². The standard InChI is InChI=1S/C27H42F4OSi/c1-2-3-6-17-33-18-15-24(16-19-33)23-12-9-21(10-13-23)7-4-5-8-22-11-14-26(25(28)20-22)32-27(29,30)31/h11,14,20-21,23-24,33H,2-10,12-13,15-19H2,1H3/t21-,23-,24-,33-. The first kappa shape index (κ1) is 26.6. The number of rotatable bonds is 11. The first-order valence-corrected chi connectivity index (χ1v) is 15.8. The predicted molar refractivity (Wildman–Crippen MR) is 130 cm³/mol. The van der Waals surface area contributed by atoms with Gasteiger partial charge in [-0.1, -0.05) is 88.9 Å². The van der Waals surface area contributed by atoms with Crippen molar-refractivity contribution in [1.29, 1.82) is 0 Å². The van der Waals surface area contributed by atoms with Crippen LogP contribution in [0.3, 0.4) is 0 Å². The van der Waals surface area contributed by atoms with Gasteiger partial charge in [0.05, 0.1) is 0 Å². The van der Waals surface area contributed by atoms with Crippen molar-refractivity contribution in [2.24, 2.45) is 17.8 Å². The summed E-state index contributed by atoms with van der Waals surface area (Å²) in [7, 11) is -0.405. The molecular formula is C27H42F4OSi. The Morgan fingerprint density at radius 3 is 2.24 bits per heavy atom. The van der Waals surface area contributed by atoms with Crippen LogP contribution < -0.4 is 4.74 Å². The third kappa shape index (κ3) is 9.26. The molecule has 1 nitrogen and oxygen atoms in total. The molecule has 0 bridgehead atoms. The van der Waals surface area contributed by atoms with Gasteiger partial charge in [0, 0.05) is 8.80 Å². The van der Waals surface area contributed by atoms with Gasteiger partial charge in [-0.25, -0.2) is 4.39 Å². The summed E-state index contributed by atoms with van der Waals surface area (Å²) < 4.78 is 54.3. The van der Waals surface area contributed by atoms with Crippen molar-refractivity contribution >= 4 is 8.80 Å². The van der Waals surface area contributed by atoms with E-state index in [4.69, 9.17) is 0 Å². The molecule has 0 atom stereocenters. The Kier molecular flexibility index (Phi) is 10.6. The Morgan fingerprint density at radius 2 is 1.61 bits per heavy atom. The lowest BCUT2D eigenvalue weighted by atomic mass is 9.73. The summed E-state index contributed by atoms with van der Waals surface area (Å²) in [5.74, 6) is 1.09. The smallest absolute Gasteiger partial charge is 0.403 e. The maximum Gasteiger partial charge on any atom is 0.573 e. The zero-order chi connectivity index (χ0) is 23.7. The van der Waals surface area contributed by atoms with Crippen LogP contribution in [0.5, 0.6) is 5.75 Å². The maximum atomic E-state index is 13.8. The molecule has 3 rings (SSSR count). The molecule has 0 N–H and O–H groups in total. The lowest BCUT2D eigenvalue weighted by Gasteiger charge is -2.37. The molecule has 1 saturated heterocycles. The summed E-state index contributed by atoms with van der Waals surface area (Å²) in [6.45, 7) is 2.30. The third-order valence-electron chi connectivity index (χ3n) is 8.22. The van der Waals surface area contributed by atoms with Crippen LogP contribution in [0.4, 0.5) is 17.6 Å². The number of alkyl halides is 3. The van der Waals surface area contributed by atoms with Crippen LogP contribution in [0.2, 0.25) is 18.1 Å². The van der Waals surface area contributed by atoms with E-state index >= 15 is 0 Å². The number of halogens is 4. The van der Waals surface area contributed by atoms with Crippen LogP contribution in [0, 0.1) is 23.6 Å². The summed E-state index contributed by atoms with van der Waals surface area (Å²) in [6, 6.07) is 8.58. The molecule has 0 amide bonds. The number of benzene rings is 1. The van der Waals surface area contributed by atoms with E-state index in [1.807, 2.05) is 0 Å². The highest BCUT2D eigenvalue weighted by molar-refractivity contribution is 6.58. The molecule has 1 saturated carbocycles. The normalized spacial score (nSPS) is 26.3. The van der Waals surface area contributed by atoms with E-state index < -0.39 is 26.7 Å². The second-order valence-corrected chi connectivity index (χ2v) is 14.1. The van der Waals surface area contributed by atoms with Crippen LogP contribution >= 0.6 is 0 Å². The van der Waals surface area contributed by atoms with Gasteiger partial charge in [0.2, 0.25) is 0 Å². The largest absolute Gasteiger partial charge is 0.573 e. The first-order chi connectivity index (χ1) is 15.8. The molecule has 188 valence electrons. The van der Waals surface area contributed by atoms with Crippen LogP contribution in [-0.2, 0) is 6.42 Å². The van der Waals surface area contributed by atoms with Crippen LogP contribution in [0.1, 0.15) is 89.5 Å². The molecule has 0 unspecified atom stereocenters. The van der Waals surface area contributed by atoms with Crippen molar-refractivity contribution < 1.29 is 22.3 Å². The molecule has 6 heteroatoms. The number of hydrogen-bond acceptors (Lipinski definition) is 1. The lowest BCUT2D eigenvalue weighted by molar-refractivity contribution is -0.275. The Balaban J connectivity index is 1.28. The number of unbranched alkanes of at least 4 members (excludes halogenated alkanes) is 3. The minimum absolute atomic E-state index is 0.405. The van der Waals surface area contributed by atoms with Gasteiger partial charge in [0.25, 0.3) is 0 Å². The van der Waals surface area contributed by atoms with Gasteiger partial charge in [0.1, 0.15) is 0 Å². The minimum Gasteiger partial charge on any atom is -0.403 e. The van der Waals surface area contributed by atoms with E-state index in [0.717, 1.165) is 42.2 Å². The fraction of sp³-hybridized carbons (Fsp3) is 0.778. The fourth-order valence-corrected chi connectivity index (χ4v) is 9.78. The molecule has 0 aromatic heterocycles. The summed E-state index contributed by atoms with van der Waals surface area (Å²) in [5, 5.41) is 0. The van der Waals surface area contributed by atoms with Crippen LogP contribution in [0.25, 0.3) is 0 Å². The monoisotopic (exact) mass is 486 g/mol. The van der Waals surface area contributed by atoms with Crippen molar-refractivity contribution in [2.45, 2.75) is 115 Å². The number of ether oxygens (including phenoxy) is 1. The number of aryl methyl sites for hydroxylation is 1. The molecule has 2 aliphatic rings.